The quantitative estimate of drug-likeness (QED) is 0.425. The zero-order valence-corrected chi connectivity index (χ0v) is 16.8. The van der Waals surface area contributed by atoms with E-state index < -0.39 is 0 Å². The SMILES string of the molecule is Cc1ccc(N/N=C/c2ccc(/C=N/Nc3ccc(C)c(C)c3)cc2)cc1C. The van der Waals surface area contributed by atoms with Crippen LogP contribution in [0.4, 0.5) is 11.4 Å². The smallest absolute Gasteiger partial charge is 0.0564 e. The van der Waals surface area contributed by atoms with Gasteiger partial charge in [-0.15, -0.1) is 0 Å². The van der Waals surface area contributed by atoms with E-state index in [1.165, 1.54) is 22.3 Å². The first kappa shape index (κ1) is 19.4. The summed E-state index contributed by atoms with van der Waals surface area (Å²) in [5.41, 5.74) is 15.2. The van der Waals surface area contributed by atoms with E-state index in [1.54, 1.807) is 0 Å². The minimum atomic E-state index is 0.987. The first-order valence-corrected chi connectivity index (χ1v) is 9.34. The Balaban J connectivity index is 1.55. The minimum absolute atomic E-state index is 0.987. The van der Waals surface area contributed by atoms with Gasteiger partial charge < -0.3 is 0 Å². The van der Waals surface area contributed by atoms with Gasteiger partial charge in [0.1, 0.15) is 0 Å². The molecule has 3 aromatic rings. The molecule has 0 unspecified atom stereocenters. The number of hydrazone groups is 2. The van der Waals surface area contributed by atoms with Crippen LogP contribution in [0.2, 0.25) is 0 Å². The van der Waals surface area contributed by atoms with E-state index >= 15 is 0 Å². The first-order chi connectivity index (χ1) is 13.5. The van der Waals surface area contributed by atoms with Crippen molar-refractivity contribution < 1.29 is 0 Å². The van der Waals surface area contributed by atoms with Crippen LogP contribution in [0, 0.1) is 27.7 Å². The summed E-state index contributed by atoms with van der Waals surface area (Å²) in [7, 11) is 0. The molecule has 4 heteroatoms. The average molecular weight is 371 g/mol. The Morgan fingerprint density at radius 2 is 0.929 bits per heavy atom. The summed E-state index contributed by atoms with van der Waals surface area (Å²) in [5, 5.41) is 8.62. The summed E-state index contributed by atoms with van der Waals surface area (Å²) >= 11 is 0. The molecular weight excluding hydrogens is 344 g/mol. The lowest BCUT2D eigenvalue weighted by molar-refractivity contribution is 1.29. The molecule has 0 amide bonds. The van der Waals surface area contributed by atoms with Crippen LogP contribution in [0.15, 0.2) is 70.9 Å². The number of anilines is 2. The molecule has 142 valence electrons. The molecule has 0 heterocycles. The lowest BCUT2D eigenvalue weighted by atomic mass is 10.1. The molecule has 4 nitrogen and oxygen atoms in total. The summed E-state index contributed by atoms with van der Waals surface area (Å²) in [6, 6.07) is 20.5. The lowest BCUT2D eigenvalue weighted by Gasteiger charge is -2.04. The zero-order chi connectivity index (χ0) is 19.9. The van der Waals surface area contributed by atoms with Gasteiger partial charge in [0.15, 0.2) is 0 Å². The molecule has 0 aromatic heterocycles. The summed E-state index contributed by atoms with van der Waals surface area (Å²) in [5.74, 6) is 0. The van der Waals surface area contributed by atoms with Crippen molar-refractivity contribution in [1.29, 1.82) is 0 Å². The third kappa shape index (κ3) is 5.30. The fourth-order valence-corrected chi connectivity index (χ4v) is 2.65. The number of nitrogens with zero attached hydrogens (tertiary/aromatic N) is 2. The Hall–Kier alpha value is -3.40. The van der Waals surface area contributed by atoms with Crippen LogP contribution in [0.3, 0.4) is 0 Å². The maximum Gasteiger partial charge on any atom is 0.0564 e. The summed E-state index contributed by atoms with van der Waals surface area (Å²) in [4.78, 5) is 0. The highest BCUT2D eigenvalue weighted by molar-refractivity contribution is 5.84. The van der Waals surface area contributed by atoms with Crippen LogP contribution in [0.1, 0.15) is 33.4 Å². The normalized spacial score (nSPS) is 11.3. The van der Waals surface area contributed by atoms with Gasteiger partial charge in [-0.1, -0.05) is 36.4 Å². The van der Waals surface area contributed by atoms with Crippen molar-refractivity contribution in [2.45, 2.75) is 27.7 Å². The molecule has 0 fully saturated rings. The van der Waals surface area contributed by atoms with Crippen LogP contribution >= 0.6 is 0 Å². The van der Waals surface area contributed by atoms with Gasteiger partial charge in [0.05, 0.1) is 23.8 Å². The van der Waals surface area contributed by atoms with Crippen molar-refractivity contribution in [3.8, 4) is 0 Å². The minimum Gasteiger partial charge on any atom is -0.278 e. The predicted molar refractivity (Wildman–Crippen MR) is 121 cm³/mol. The van der Waals surface area contributed by atoms with Gasteiger partial charge in [-0.05, 0) is 85.3 Å². The molecule has 0 aliphatic rings. The lowest BCUT2D eigenvalue weighted by Crippen LogP contribution is -1.93. The predicted octanol–water partition coefficient (Wildman–Crippen LogP) is 5.81. The Morgan fingerprint density at radius 1 is 0.536 bits per heavy atom. The van der Waals surface area contributed by atoms with E-state index in [4.69, 9.17) is 0 Å². The molecular formula is C24H26N4. The van der Waals surface area contributed by atoms with E-state index in [2.05, 4.69) is 73.0 Å². The number of nitrogens with one attached hydrogen (secondary N) is 2. The van der Waals surface area contributed by atoms with E-state index in [0.29, 0.717) is 0 Å². The average Bonchev–Trinajstić information content (AvgIpc) is 2.69. The number of hydrogen-bond donors (Lipinski definition) is 2. The highest BCUT2D eigenvalue weighted by atomic mass is 15.3. The van der Waals surface area contributed by atoms with E-state index in [0.717, 1.165) is 22.5 Å². The maximum absolute atomic E-state index is 4.31. The van der Waals surface area contributed by atoms with Crippen LogP contribution in [-0.4, -0.2) is 12.4 Å². The highest BCUT2D eigenvalue weighted by Gasteiger charge is 1.96. The molecule has 2 N–H and O–H groups in total. The van der Waals surface area contributed by atoms with Gasteiger partial charge in [-0.3, -0.25) is 10.9 Å². The molecule has 0 spiro atoms. The third-order valence-corrected chi connectivity index (χ3v) is 4.76. The Labute approximate surface area is 167 Å². The van der Waals surface area contributed by atoms with Gasteiger partial charge in [-0.2, -0.15) is 10.2 Å². The Kier molecular flexibility index (Phi) is 6.22. The van der Waals surface area contributed by atoms with Crippen molar-refractivity contribution in [3.05, 3.63) is 94.0 Å². The topological polar surface area (TPSA) is 48.8 Å². The van der Waals surface area contributed by atoms with Crippen LogP contribution in [-0.2, 0) is 0 Å². The molecule has 28 heavy (non-hydrogen) atoms. The Bertz CT molecular complexity index is 919. The van der Waals surface area contributed by atoms with Gasteiger partial charge >= 0.3 is 0 Å². The molecule has 3 aromatic carbocycles. The van der Waals surface area contributed by atoms with Crippen molar-refractivity contribution in [2.24, 2.45) is 10.2 Å². The maximum atomic E-state index is 4.31. The summed E-state index contributed by atoms with van der Waals surface area (Å²) in [6.45, 7) is 8.40. The number of hydrogen-bond acceptors (Lipinski definition) is 4. The zero-order valence-electron chi connectivity index (χ0n) is 16.8. The largest absolute Gasteiger partial charge is 0.278 e. The van der Waals surface area contributed by atoms with E-state index in [1.807, 2.05) is 48.8 Å². The number of benzene rings is 3. The first-order valence-electron chi connectivity index (χ1n) is 9.34. The van der Waals surface area contributed by atoms with Crippen LogP contribution in [0.5, 0.6) is 0 Å². The van der Waals surface area contributed by atoms with Gasteiger partial charge in [0.2, 0.25) is 0 Å². The fraction of sp³-hybridized carbons (Fsp3) is 0.167. The fourth-order valence-electron chi connectivity index (χ4n) is 2.65. The highest BCUT2D eigenvalue weighted by Crippen LogP contribution is 2.15. The third-order valence-electron chi connectivity index (χ3n) is 4.76. The Morgan fingerprint density at radius 3 is 1.29 bits per heavy atom. The van der Waals surface area contributed by atoms with Crippen molar-refractivity contribution in [3.63, 3.8) is 0 Å². The molecule has 0 atom stereocenters. The monoisotopic (exact) mass is 370 g/mol. The molecule has 0 saturated heterocycles. The molecule has 3 rings (SSSR count). The molecule has 0 aliphatic heterocycles. The molecule has 0 saturated carbocycles. The second-order valence-corrected chi connectivity index (χ2v) is 7.00. The van der Waals surface area contributed by atoms with Gasteiger partial charge in [0, 0.05) is 0 Å². The molecule has 0 aliphatic carbocycles. The second-order valence-electron chi connectivity index (χ2n) is 7.00. The standard InChI is InChI=1S/C24H26N4/c1-17-5-11-23(13-19(17)3)27-25-15-21-7-9-22(10-8-21)16-26-28-24-12-6-18(2)20(4)14-24/h5-16,27-28H,1-4H3/b25-15+,26-16+. The van der Waals surface area contributed by atoms with E-state index in [-0.39, 0.29) is 0 Å². The van der Waals surface area contributed by atoms with Crippen molar-refractivity contribution in [1.82, 2.24) is 0 Å². The van der Waals surface area contributed by atoms with Gasteiger partial charge in [-0.25, -0.2) is 0 Å². The van der Waals surface area contributed by atoms with Crippen LogP contribution < -0.4 is 10.9 Å². The summed E-state index contributed by atoms with van der Waals surface area (Å²) in [6.07, 6.45) is 3.62. The summed E-state index contributed by atoms with van der Waals surface area (Å²) < 4.78 is 0. The van der Waals surface area contributed by atoms with Crippen molar-refractivity contribution in [2.75, 3.05) is 10.9 Å². The van der Waals surface area contributed by atoms with Crippen LogP contribution in [0.25, 0.3) is 0 Å². The molecule has 0 radical (unpaired) electrons. The number of rotatable bonds is 6. The molecule has 0 bridgehead atoms. The van der Waals surface area contributed by atoms with Gasteiger partial charge in [0.25, 0.3) is 0 Å². The van der Waals surface area contributed by atoms with Crippen molar-refractivity contribution >= 4 is 23.8 Å². The van der Waals surface area contributed by atoms with E-state index in [9.17, 15) is 0 Å². The number of aryl methyl sites for hydroxylation is 4. The second kappa shape index (κ2) is 9.00.